The summed E-state index contributed by atoms with van der Waals surface area (Å²) in [5, 5.41) is 2.85. The SMILES string of the molecule is CC(=O)c1ccc(NC(=O)C(Cc2ccccc2)N2C(=O)C3CCC(C)(C2=O)C3(C)C)cc1. The van der Waals surface area contributed by atoms with Gasteiger partial charge in [-0.15, -0.1) is 0 Å². The maximum absolute atomic E-state index is 13.7. The summed E-state index contributed by atoms with van der Waals surface area (Å²) in [6.07, 6.45) is 1.52. The Labute approximate surface area is 194 Å². The number of nitrogens with one attached hydrogen (secondary N) is 1. The summed E-state index contributed by atoms with van der Waals surface area (Å²) in [4.78, 5) is 53.6. The third-order valence-corrected chi connectivity index (χ3v) is 7.90. The molecule has 2 bridgehead atoms. The van der Waals surface area contributed by atoms with E-state index in [2.05, 4.69) is 5.32 Å². The quantitative estimate of drug-likeness (QED) is 0.531. The van der Waals surface area contributed by atoms with Gasteiger partial charge in [0, 0.05) is 23.6 Å². The zero-order valence-electron chi connectivity index (χ0n) is 19.6. The average molecular weight is 447 g/mol. The number of benzene rings is 2. The summed E-state index contributed by atoms with van der Waals surface area (Å²) in [7, 11) is 0. The maximum Gasteiger partial charge on any atom is 0.248 e. The lowest BCUT2D eigenvalue weighted by molar-refractivity contribution is -0.172. The molecule has 3 amide bonds. The highest BCUT2D eigenvalue weighted by Crippen LogP contribution is 2.60. The molecule has 1 aliphatic heterocycles. The van der Waals surface area contributed by atoms with Crippen molar-refractivity contribution in [2.24, 2.45) is 16.7 Å². The van der Waals surface area contributed by atoms with E-state index < -0.39 is 22.8 Å². The van der Waals surface area contributed by atoms with Crippen LogP contribution in [0.5, 0.6) is 0 Å². The van der Waals surface area contributed by atoms with E-state index in [-0.39, 0.29) is 29.9 Å². The van der Waals surface area contributed by atoms with Gasteiger partial charge in [0.15, 0.2) is 5.78 Å². The largest absolute Gasteiger partial charge is 0.324 e. The second-order valence-electron chi connectivity index (χ2n) is 9.99. The number of carbonyl (C=O) groups is 4. The molecule has 3 atom stereocenters. The van der Waals surface area contributed by atoms with E-state index in [1.165, 1.54) is 11.8 Å². The van der Waals surface area contributed by atoms with Crippen molar-refractivity contribution in [3.05, 3.63) is 65.7 Å². The lowest BCUT2D eigenvalue weighted by Crippen LogP contribution is -2.64. The Morgan fingerprint density at radius 1 is 1.03 bits per heavy atom. The molecule has 1 aliphatic carbocycles. The number of hydrogen-bond acceptors (Lipinski definition) is 4. The average Bonchev–Trinajstić information content (AvgIpc) is 2.97. The Morgan fingerprint density at radius 2 is 1.67 bits per heavy atom. The fourth-order valence-corrected chi connectivity index (χ4v) is 5.30. The molecule has 4 rings (SSSR count). The Hall–Kier alpha value is -3.28. The third-order valence-electron chi connectivity index (χ3n) is 7.90. The summed E-state index contributed by atoms with van der Waals surface area (Å²) < 4.78 is 0. The van der Waals surface area contributed by atoms with Crippen LogP contribution in [-0.2, 0) is 20.8 Å². The molecule has 1 saturated heterocycles. The normalized spacial score (nSPS) is 24.5. The zero-order valence-corrected chi connectivity index (χ0v) is 19.6. The standard InChI is InChI=1S/C27H30N2O4/c1-17(30)19-10-12-20(13-11-19)28-23(31)22(16-18-8-6-5-7-9-18)29-24(32)21-14-15-27(4,25(29)33)26(21,2)3/h5-13,21-22H,14-16H2,1-4H3,(H,28,31). The second-order valence-corrected chi connectivity index (χ2v) is 9.99. The first-order chi connectivity index (χ1) is 15.6. The van der Waals surface area contributed by atoms with Crippen LogP contribution in [-0.4, -0.2) is 34.4 Å². The van der Waals surface area contributed by atoms with Gasteiger partial charge < -0.3 is 5.32 Å². The van der Waals surface area contributed by atoms with Crippen LogP contribution in [0.3, 0.4) is 0 Å². The minimum absolute atomic E-state index is 0.0642. The minimum Gasteiger partial charge on any atom is -0.324 e. The van der Waals surface area contributed by atoms with E-state index in [1.807, 2.05) is 51.1 Å². The highest BCUT2D eigenvalue weighted by atomic mass is 16.2. The van der Waals surface area contributed by atoms with E-state index >= 15 is 0 Å². The summed E-state index contributed by atoms with van der Waals surface area (Å²) in [6, 6.07) is 15.0. The van der Waals surface area contributed by atoms with Crippen LogP contribution < -0.4 is 5.32 Å². The number of anilines is 1. The molecular weight excluding hydrogens is 416 g/mol. The first-order valence-electron chi connectivity index (χ1n) is 11.4. The predicted octanol–water partition coefficient (Wildman–Crippen LogP) is 4.25. The van der Waals surface area contributed by atoms with E-state index in [1.54, 1.807) is 24.3 Å². The smallest absolute Gasteiger partial charge is 0.248 e. The van der Waals surface area contributed by atoms with Crippen molar-refractivity contribution in [1.29, 1.82) is 0 Å². The molecule has 33 heavy (non-hydrogen) atoms. The van der Waals surface area contributed by atoms with Gasteiger partial charge in [-0.25, -0.2) is 0 Å². The molecular formula is C27H30N2O4. The number of nitrogens with zero attached hydrogens (tertiary/aromatic N) is 1. The van der Waals surface area contributed by atoms with Crippen LogP contribution >= 0.6 is 0 Å². The summed E-state index contributed by atoms with van der Waals surface area (Å²) in [6.45, 7) is 7.38. The second kappa shape index (κ2) is 8.25. The molecule has 2 aliphatic rings. The number of rotatable bonds is 6. The monoisotopic (exact) mass is 446 g/mol. The van der Waals surface area contributed by atoms with Crippen LogP contribution in [0.1, 0.15) is 56.5 Å². The van der Waals surface area contributed by atoms with Crippen LogP contribution in [0, 0.1) is 16.7 Å². The molecule has 2 aromatic rings. The molecule has 1 saturated carbocycles. The fraction of sp³-hybridized carbons (Fsp3) is 0.407. The Kier molecular flexibility index (Phi) is 5.72. The van der Waals surface area contributed by atoms with Gasteiger partial charge in [-0.2, -0.15) is 0 Å². The molecule has 172 valence electrons. The number of hydrogen-bond donors (Lipinski definition) is 1. The highest BCUT2D eigenvalue weighted by molar-refractivity contribution is 6.09. The van der Waals surface area contributed by atoms with Gasteiger partial charge in [-0.3, -0.25) is 24.1 Å². The molecule has 0 aromatic heterocycles. The Bertz CT molecular complexity index is 1110. The minimum atomic E-state index is -0.962. The molecule has 2 aromatic carbocycles. The van der Waals surface area contributed by atoms with Gasteiger partial charge in [0.1, 0.15) is 6.04 Å². The number of imide groups is 1. The number of Topliss-reactive ketones (excluding diaryl/α,β-unsaturated/α-hetero) is 1. The Morgan fingerprint density at radius 3 is 2.27 bits per heavy atom. The van der Waals surface area contributed by atoms with Crippen molar-refractivity contribution in [3.8, 4) is 0 Å². The number of likely N-dealkylation sites (tertiary alicyclic amines) is 1. The van der Waals surface area contributed by atoms with Crippen LogP contribution in [0.15, 0.2) is 54.6 Å². The first-order valence-corrected chi connectivity index (χ1v) is 11.4. The van der Waals surface area contributed by atoms with E-state index in [9.17, 15) is 19.2 Å². The number of carbonyl (C=O) groups excluding carboxylic acids is 4. The van der Waals surface area contributed by atoms with Crippen LogP contribution in [0.4, 0.5) is 5.69 Å². The number of amides is 3. The first kappa shape index (κ1) is 22.9. The van der Waals surface area contributed by atoms with Crippen molar-refractivity contribution in [2.75, 3.05) is 5.32 Å². The molecule has 0 radical (unpaired) electrons. The van der Waals surface area contributed by atoms with Crippen molar-refractivity contribution >= 4 is 29.2 Å². The zero-order chi connectivity index (χ0) is 24.0. The fourth-order valence-electron chi connectivity index (χ4n) is 5.30. The Balaban J connectivity index is 1.68. The van der Waals surface area contributed by atoms with Crippen molar-refractivity contribution in [3.63, 3.8) is 0 Å². The van der Waals surface area contributed by atoms with Gasteiger partial charge in [0.2, 0.25) is 17.7 Å². The number of fused-ring (bicyclic) bond motifs is 2. The summed E-state index contributed by atoms with van der Waals surface area (Å²) in [5.74, 6) is -1.30. The molecule has 2 fully saturated rings. The van der Waals surface area contributed by atoms with Crippen molar-refractivity contribution in [2.45, 2.75) is 53.0 Å². The number of piperidine rings is 1. The van der Waals surface area contributed by atoms with Crippen molar-refractivity contribution in [1.82, 2.24) is 4.90 Å². The predicted molar refractivity (Wildman–Crippen MR) is 125 cm³/mol. The van der Waals surface area contributed by atoms with Gasteiger partial charge in [0.05, 0.1) is 5.41 Å². The molecule has 3 unspecified atom stereocenters. The van der Waals surface area contributed by atoms with E-state index in [0.717, 1.165) is 5.56 Å². The van der Waals surface area contributed by atoms with Gasteiger partial charge in [0.25, 0.3) is 0 Å². The maximum atomic E-state index is 13.7. The molecule has 1 heterocycles. The summed E-state index contributed by atoms with van der Waals surface area (Å²) >= 11 is 0. The van der Waals surface area contributed by atoms with Crippen LogP contribution in [0.2, 0.25) is 0 Å². The topological polar surface area (TPSA) is 83.6 Å². The van der Waals surface area contributed by atoms with Crippen LogP contribution in [0.25, 0.3) is 0 Å². The lowest BCUT2D eigenvalue weighted by Gasteiger charge is -2.49. The van der Waals surface area contributed by atoms with Gasteiger partial charge in [-0.1, -0.05) is 51.1 Å². The van der Waals surface area contributed by atoms with Gasteiger partial charge >= 0.3 is 0 Å². The molecule has 6 nitrogen and oxygen atoms in total. The van der Waals surface area contributed by atoms with E-state index in [4.69, 9.17) is 0 Å². The molecule has 6 heteroatoms. The highest BCUT2D eigenvalue weighted by Gasteiger charge is 2.65. The third kappa shape index (κ3) is 3.77. The molecule has 0 spiro atoms. The lowest BCUT2D eigenvalue weighted by atomic mass is 9.62. The van der Waals surface area contributed by atoms with Crippen molar-refractivity contribution < 1.29 is 19.2 Å². The van der Waals surface area contributed by atoms with Gasteiger partial charge in [-0.05, 0) is 55.0 Å². The van der Waals surface area contributed by atoms with E-state index in [0.29, 0.717) is 24.1 Å². The summed E-state index contributed by atoms with van der Waals surface area (Å²) in [5.41, 5.74) is 0.779. The number of ketones is 1. The molecule has 1 N–H and O–H groups in total.